The molecule has 0 bridgehead atoms. The van der Waals surface area contributed by atoms with Crippen LogP contribution in [0.5, 0.6) is 0 Å². The van der Waals surface area contributed by atoms with Crippen LogP contribution in [0.1, 0.15) is 49.3 Å². The van der Waals surface area contributed by atoms with Crippen molar-refractivity contribution in [3.8, 4) is 6.07 Å². The predicted octanol–water partition coefficient (Wildman–Crippen LogP) is 3.33. The fourth-order valence-corrected chi connectivity index (χ4v) is 4.17. The molecule has 33 heavy (non-hydrogen) atoms. The van der Waals surface area contributed by atoms with Gasteiger partial charge in [0.25, 0.3) is 0 Å². The van der Waals surface area contributed by atoms with Gasteiger partial charge in [-0.15, -0.1) is 0 Å². The van der Waals surface area contributed by atoms with Crippen molar-refractivity contribution in [2.24, 2.45) is 5.73 Å². The van der Waals surface area contributed by atoms with Crippen molar-refractivity contribution in [3.05, 3.63) is 65.2 Å². The average Bonchev–Trinajstić information content (AvgIpc) is 2.85. The van der Waals surface area contributed by atoms with Crippen LogP contribution in [0.15, 0.2) is 48.5 Å². The molecule has 1 aliphatic heterocycles. The van der Waals surface area contributed by atoms with E-state index in [1.807, 2.05) is 37.3 Å². The lowest BCUT2D eigenvalue weighted by atomic mass is 9.78. The third kappa shape index (κ3) is 6.33. The summed E-state index contributed by atoms with van der Waals surface area (Å²) in [5.74, 6) is -0.998. The van der Waals surface area contributed by atoms with Crippen LogP contribution >= 0.6 is 0 Å². The van der Waals surface area contributed by atoms with Crippen LogP contribution in [0.25, 0.3) is 0 Å². The maximum absolute atomic E-state index is 12.5. The van der Waals surface area contributed by atoms with Gasteiger partial charge in [-0.3, -0.25) is 14.5 Å². The minimum atomic E-state index is -1.08. The molecule has 1 fully saturated rings. The number of benzene rings is 2. The molecule has 0 aromatic heterocycles. The number of likely N-dealkylation sites (tertiary alicyclic amines) is 1. The standard InChI is InChI=1S/C26H32N4O3/c1-2-26(25(28)32,19-33-24(31)17-29-23-12-8-20(16-27)9-13-23)22-10-6-21(7-11-22)18-30-14-4-3-5-15-30/h6-13,29H,2-5,14-15,17-19H2,1H3,(H2,28,32). The third-order valence-corrected chi connectivity index (χ3v) is 6.37. The zero-order valence-corrected chi connectivity index (χ0v) is 19.2. The van der Waals surface area contributed by atoms with Gasteiger partial charge in [0.1, 0.15) is 18.6 Å². The molecule has 1 aliphatic rings. The Bertz CT molecular complexity index is 976. The van der Waals surface area contributed by atoms with E-state index in [0.717, 1.165) is 25.2 Å². The van der Waals surface area contributed by atoms with Gasteiger partial charge in [-0.2, -0.15) is 5.26 Å². The number of hydrogen-bond acceptors (Lipinski definition) is 6. The summed E-state index contributed by atoms with van der Waals surface area (Å²) in [4.78, 5) is 27.3. The summed E-state index contributed by atoms with van der Waals surface area (Å²) in [5.41, 5.74) is 7.92. The molecule has 1 atom stereocenters. The van der Waals surface area contributed by atoms with E-state index in [0.29, 0.717) is 17.7 Å². The fraction of sp³-hybridized carbons (Fsp3) is 0.423. The molecular weight excluding hydrogens is 416 g/mol. The van der Waals surface area contributed by atoms with Gasteiger partial charge in [-0.05, 0) is 67.7 Å². The Hall–Kier alpha value is -3.37. The first-order chi connectivity index (χ1) is 16.0. The summed E-state index contributed by atoms with van der Waals surface area (Å²) in [5, 5.41) is 11.8. The van der Waals surface area contributed by atoms with Gasteiger partial charge in [0, 0.05) is 12.2 Å². The van der Waals surface area contributed by atoms with Gasteiger partial charge in [-0.25, -0.2) is 0 Å². The molecule has 1 amide bonds. The van der Waals surface area contributed by atoms with E-state index in [-0.39, 0.29) is 13.2 Å². The largest absolute Gasteiger partial charge is 0.463 e. The average molecular weight is 449 g/mol. The number of nitrogens with zero attached hydrogens (tertiary/aromatic N) is 2. The summed E-state index contributed by atoms with van der Waals surface area (Å²) in [6.45, 7) is 4.83. The molecule has 0 radical (unpaired) electrons. The molecule has 0 saturated carbocycles. The molecule has 3 rings (SSSR count). The van der Waals surface area contributed by atoms with Crippen molar-refractivity contribution in [1.82, 2.24) is 4.90 Å². The number of amides is 1. The highest BCUT2D eigenvalue weighted by atomic mass is 16.5. The Morgan fingerprint density at radius 2 is 1.76 bits per heavy atom. The molecule has 174 valence electrons. The number of nitrogens with two attached hydrogens (primary N) is 1. The second-order valence-electron chi connectivity index (χ2n) is 8.54. The van der Waals surface area contributed by atoms with E-state index in [1.165, 1.54) is 24.8 Å². The molecule has 1 unspecified atom stereocenters. The zero-order chi connectivity index (χ0) is 23.7. The quantitative estimate of drug-likeness (QED) is 0.540. The number of anilines is 1. The first-order valence-electron chi connectivity index (χ1n) is 11.5. The summed E-state index contributed by atoms with van der Waals surface area (Å²) < 4.78 is 5.47. The summed E-state index contributed by atoms with van der Waals surface area (Å²) >= 11 is 0. The topological polar surface area (TPSA) is 108 Å². The monoisotopic (exact) mass is 448 g/mol. The number of carbonyl (C=O) groups is 2. The second-order valence-corrected chi connectivity index (χ2v) is 8.54. The SMILES string of the molecule is CCC(COC(=O)CNc1ccc(C#N)cc1)(C(N)=O)c1ccc(CN2CCCCC2)cc1. The van der Waals surface area contributed by atoms with E-state index >= 15 is 0 Å². The van der Waals surface area contributed by atoms with Crippen molar-refractivity contribution in [2.45, 2.75) is 44.6 Å². The van der Waals surface area contributed by atoms with Crippen molar-refractivity contribution in [2.75, 3.05) is 31.6 Å². The number of rotatable bonds is 10. The molecule has 2 aromatic carbocycles. The highest BCUT2D eigenvalue weighted by Gasteiger charge is 2.38. The Balaban J connectivity index is 1.60. The summed E-state index contributed by atoms with van der Waals surface area (Å²) in [6.07, 6.45) is 4.20. The van der Waals surface area contributed by atoms with E-state index in [1.54, 1.807) is 24.3 Å². The highest BCUT2D eigenvalue weighted by molar-refractivity contribution is 5.87. The van der Waals surface area contributed by atoms with Gasteiger partial charge in [0.2, 0.25) is 5.91 Å². The van der Waals surface area contributed by atoms with Crippen molar-refractivity contribution in [1.29, 1.82) is 5.26 Å². The molecule has 3 N–H and O–H groups in total. The molecule has 1 heterocycles. The normalized spacial score (nSPS) is 15.8. The third-order valence-electron chi connectivity index (χ3n) is 6.37. The minimum Gasteiger partial charge on any atom is -0.463 e. The van der Waals surface area contributed by atoms with Gasteiger partial charge >= 0.3 is 5.97 Å². The number of ether oxygens (including phenoxy) is 1. The van der Waals surface area contributed by atoms with Crippen molar-refractivity contribution < 1.29 is 14.3 Å². The molecule has 7 nitrogen and oxygen atoms in total. The number of primary amides is 1. The van der Waals surface area contributed by atoms with E-state index in [4.69, 9.17) is 15.7 Å². The smallest absolute Gasteiger partial charge is 0.325 e. The first-order valence-corrected chi connectivity index (χ1v) is 11.5. The van der Waals surface area contributed by atoms with Crippen LogP contribution < -0.4 is 11.1 Å². The Morgan fingerprint density at radius 3 is 2.33 bits per heavy atom. The predicted molar refractivity (Wildman–Crippen MR) is 127 cm³/mol. The van der Waals surface area contributed by atoms with Gasteiger partial charge in [-0.1, -0.05) is 37.6 Å². The van der Waals surface area contributed by atoms with Gasteiger partial charge in [0.15, 0.2) is 0 Å². The van der Waals surface area contributed by atoms with Gasteiger partial charge in [0.05, 0.1) is 11.6 Å². The van der Waals surface area contributed by atoms with Crippen molar-refractivity contribution in [3.63, 3.8) is 0 Å². The molecule has 1 saturated heterocycles. The lowest BCUT2D eigenvalue weighted by Gasteiger charge is -2.30. The lowest BCUT2D eigenvalue weighted by Crippen LogP contribution is -2.45. The van der Waals surface area contributed by atoms with Crippen LogP contribution in [0, 0.1) is 11.3 Å². The van der Waals surface area contributed by atoms with Crippen LogP contribution in [-0.2, 0) is 26.3 Å². The Kier molecular flexibility index (Phi) is 8.45. The Labute approximate surface area is 195 Å². The molecule has 0 spiro atoms. The maximum Gasteiger partial charge on any atom is 0.325 e. The number of piperidine rings is 1. The second kappa shape index (κ2) is 11.5. The first kappa shape index (κ1) is 24.3. The van der Waals surface area contributed by atoms with Crippen LogP contribution in [0.3, 0.4) is 0 Å². The maximum atomic E-state index is 12.5. The molecule has 0 aliphatic carbocycles. The fourth-order valence-electron chi connectivity index (χ4n) is 4.17. The lowest BCUT2D eigenvalue weighted by molar-refractivity contribution is -0.145. The van der Waals surface area contributed by atoms with Crippen LogP contribution in [-0.4, -0.2) is 43.0 Å². The number of esters is 1. The minimum absolute atomic E-state index is 0.0563. The number of hydrogen-bond donors (Lipinski definition) is 2. The number of nitriles is 1. The zero-order valence-electron chi connectivity index (χ0n) is 19.2. The Morgan fingerprint density at radius 1 is 1.09 bits per heavy atom. The van der Waals surface area contributed by atoms with Crippen LogP contribution in [0.2, 0.25) is 0 Å². The van der Waals surface area contributed by atoms with Gasteiger partial charge < -0.3 is 15.8 Å². The number of carbonyl (C=O) groups excluding carboxylic acids is 2. The summed E-state index contributed by atoms with van der Waals surface area (Å²) in [7, 11) is 0. The van der Waals surface area contributed by atoms with E-state index in [9.17, 15) is 9.59 Å². The summed E-state index contributed by atoms with van der Waals surface area (Å²) in [6, 6.07) is 16.7. The van der Waals surface area contributed by atoms with Crippen LogP contribution in [0.4, 0.5) is 5.69 Å². The molecular formula is C26H32N4O3. The highest BCUT2D eigenvalue weighted by Crippen LogP contribution is 2.29. The number of nitrogens with one attached hydrogen (secondary N) is 1. The van der Waals surface area contributed by atoms with E-state index in [2.05, 4.69) is 10.2 Å². The van der Waals surface area contributed by atoms with Crippen molar-refractivity contribution >= 4 is 17.6 Å². The molecule has 2 aromatic rings. The molecule has 7 heteroatoms. The van der Waals surface area contributed by atoms with E-state index < -0.39 is 17.3 Å².